The number of nitrogens with one attached hydrogen (secondary N) is 1. The van der Waals surface area contributed by atoms with Gasteiger partial charge in [0.05, 0.1) is 0 Å². The largest absolute Gasteiger partial charge is 0.573 e. The van der Waals surface area contributed by atoms with E-state index in [1.54, 1.807) is 30.3 Å². The van der Waals surface area contributed by atoms with Crippen molar-refractivity contribution in [2.45, 2.75) is 6.36 Å². The van der Waals surface area contributed by atoms with Crippen molar-refractivity contribution >= 4 is 5.69 Å². The number of nitrogens with two attached hydrogens (primary N) is 1. The van der Waals surface area contributed by atoms with Crippen LogP contribution in [0.15, 0.2) is 48.5 Å². The fraction of sp³-hybridized carbons (Fsp3) is 0.0769. The maximum atomic E-state index is 12.1. The van der Waals surface area contributed by atoms with Crippen LogP contribution in [0, 0.1) is 0 Å². The SMILES string of the molecule is NNc1cccc(-c2cccc(OC(F)(F)F)c2)c1. The Morgan fingerprint density at radius 2 is 1.58 bits per heavy atom. The molecule has 2 rings (SSSR count). The minimum Gasteiger partial charge on any atom is -0.406 e. The highest BCUT2D eigenvalue weighted by Gasteiger charge is 2.31. The second kappa shape index (κ2) is 5.19. The Kier molecular flexibility index (Phi) is 3.62. The molecule has 0 saturated heterocycles. The first-order valence-electron chi connectivity index (χ1n) is 5.41. The number of hydrogen-bond donors (Lipinski definition) is 2. The summed E-state index contributed by atoms with van der Waals surface area (Å²) >= 11 is 0. The number of hydrogen-bond acceptors (Lipinski definition) is 3. The molecule has 0 bridgehead atoms. The average molecular weight is 268 g/mol. The maximum absolute atomic E-state index is 12.1. The summed E-state index contributed by atoms with van der Waals surface area (Å²) in [6, 6.07) is 12.8. The number of nitrogen functional groups attached to an aromatic ring is 1. The Morgan fingerprint density at radius 3 is 2.21 bits per heavy atom. The van der Waals surface area contributed by atoms with Gasteiger partial charge in [0, 0.05) is 5.69 Å². The lowest BCUT2D eigenvalue weighted by Gasteiger charge is -2.10. The van der Waals surface area contributed by atoms with Gasteiger partial charge < -0.3 is 10.2 Å². The second-order valence-corrected chi connectivity index (χ2v) is 3.80. The first-order valence-corrected chi connectivity index (χ1v) is 5.41. The standard InChI is InChI=1S/C13H11F3N2O/c14-13(15,16)19-12-6-2-4-10(8-12)9-3-1-5-11(7-9)18-17/h1-8,18H,17H2. The molecule has 3 nitrogen and oxygen atoms in total. The van der Waals surface area contributed by atoms with Crippen molar-refractivity contribution in [3.63, 3.8) is 0 Å². The van der Waals surface area contributed by atoms with Gasteiger partial charge in [0.2, 0.25) is 0 Å². The normalized spacial score (nSPS) is 11.2. The summed E-state index contributed by atoms with van der Waals surface area (Å²) in [5, 5.41) is 0. The zero-order chi connectivity index (χ0) is 13.9. The third-order valence-electron chi connectivity index (χ3n) is 2.43. The number of rotatable bonds is 3. The van der Waals surface area contributed by atoms with Gasteiger partial charge in [0.25, 0.3) is 0 Å². The van der Waals surface area contributed by atoms with Crippen LogP contribution in [-0.4, -0.2) is 6.36 Å². The monoisotopic (exact) mass is 268 g/mol. The third kappa shape index (κ3) is 3.62. The summed E-state index contributed by atoms with van der Waals surface area (Å²) in [6.07, 6.45) is -4.70. The molecular formula is C13H11F3N2O. The molecule has 0 heterocycles. The van der Waals surface area contributed by atoms with Gasteiger partial charge in [-0.15, -0.1) is 13.2 Å². The van der Waals surface area contributed by atoms with E-state index in [2.05, 4.69) is 10.2 Å². The van der Waals surface area contributed by atoms with Crippen LogP contribution in [-0.2, 0) is 0 Å². The van der Waals surface area contributed by atoms with Crippen molar-refractivity contribution in [3.05, 3.63) is 48.5 Å². The van der Waals surface area contributed by atoms with Crippen molar-refractivity contribution in [2.75, 3.05) is 5.43 Å². The molecule has 3 N–H and O–H groups in total. The molecule has 100 valence electrons. The summed E-state index contributed by atoms with van der Waals surface area (Å²) in [5.74, 6) is 5.03. The Hall–Kier alpha value is -2.21. The predicted molar refractivity (Wildman–Crippen MR) is 66.4 cm³/mol. The maximum Gasteiger partial charge on any atom is 0.573 e. The molecule has 0 amide bonds. The van der Waals surface area contributed by atoms with Crippen molar-refractivity contribution in [1.29, 1.82) is 0 Å². The summed E-state index contributed by atoms with van der Waals surface area (Å²) in [4.78, 5) is 0. The smallest absolute Gasteiger partial charge is 0.406 e. The molecule has 0 aliphatic rings. The van der Waals surface area contributed by atoms with E-state index in [1.807, 2.05) is 0 Å². The van der Waals surface area contributed by atoms with Crippen molar-refractivity contribution in [3.8, 4) is 16.9 Å². The predicted octanol–water partition coefficient (Wildman–Crippen LogP) is 3.54. The van der Waals surface area contributed by atoms with Gasteiger partial charge in [-0.05, 0) is 35.4 Å². The molecule has 6 heteroatoms. The number of alkyl halides is 3. The van der Waals surface area contributed by atoms with Gasteiger partial charge in [-0.3, -0.25) is 5.84 Å². The second-order valence-electron chi connectivity index (χ2n) is 3.80. The fourth-order valence-corrected chi connectivity index (χ4v) is 1.66. The van der Waals surface area contributed by atoms with Gasteiger partial charge in [0.15, 0.2) is 0 Å². The van der Waals surface area contributed by atoms with Crippen molar-refractivity contribution in [1.82, 2.24) is 0 Å². The average Bonchev–Trinajstić information content (AvgIpc) is 2.37. The molecule has 0 atom stereocenters. The molecule has 0 aromatic heterocycles. The van der Waals surface area contributed by atoms with Crippen LogP contribution < -0.4 is 16.0 Å². The van der Waals surface area contributed by atoms with Gasteiger partial charge >= 0.3 is 6.36 Å². The topological polar surface area (TPSA) is 47.3 Å². The van der Waals surface area contributed by atoms with E-state index in [1.165, 1.54) is 18.2 Å². The van der Waals surface area contributed by atoms with E-state index in [9.17, 15) is 13.2 Å². The zero-order valence-corrected chi connectivity index (χ0v) is 9.74. The lowest BCUT2D eigenvalue weighted by Crippen LogP contribution is -2.17. The lowest BCUT2D eigenvalue weighted by atomic mass is 10.1. The minimum atomic E-state index is -4.70. The first kappa shape index (κ1) is 13.2. The summed E-state index contributed by atoms with van der Waals surface area (Å²) in [6.45, 7) is 0. The van der Waals surface area contributed by atoms with Crippen LogP contribution in [0.1, 0.15) is 0 Å². The van der Waals surface area contributed by atoms with Gasteiger partial charge in [-0.2, -0.15) is 0 Å². The highest BCUT2D eigenvalue weighted by Crippen LogP contribution is 2.28. The number of anilines is 1. The molecule has 2 aromatic rings. The molecule has 19 heavy (non-hydrogen) atoms. The van der Waals surface area contributed by atoms with E-state index in [0.29, 0.717) is 11.3 Å². The van der Waals surface area contributed by atoms with Crippen LogP contribution >= 0.6 is 0 Å². The van der Waals surface area contributed by atoms with E-state index < -0.39 is 6.36 Å². The zero-order valence-electron chi connectivity index (χ0n) is 9.74. The Labute approximate surface area is 107 Å². The summed E-state index contributed by atoms with van der Waals surface area (Å²) in [5.41, 5.74) is 4.49. The molecule has 2 aromatic carbocycles. The Balaban J connectivity index is 2.32. The van der Waals surface area contributed by atoms with Crippen LogP contribution in [0.3, 0.4) is 0 Å². The highest BCUT2D eigenvalue weighted by molar-refractivity contribution is 5.69. The van der Waals surface area contributed by atoms with E-state index in [-0.39, 0.29) is 5.75 Å². The molecule has 0 saturated carbocycles. The Morgan fingerprint density at radius 1 is 0.947 bits per heavy atom. The van der Waals surface area contributed by atoms with E-state index in [0.717, 1.165) is 5.56 Å². The quantitative estimate of drug-likeness (QED) is 0.661. The number of ether oxygens (including phenoxy) is 1. The third-order valence-corrected chi connectivity index (χ3v) is 2.43. The molecule has 0 aliphatic heterocycles. The molecule has 0 unspecified atom stereocenters. The Bertz CT molecular complexity index is 570. The van der Waals surface area contributed by atoms with Crippen molar-refractivity contribution < 1.29 is 17.9 Å². The van der Waals surface area contributed by atoms with E-state index in [4.69, 9.17) is 5.84 Å². The highest BCUT2D eigenvalue weighted by atomic mass is 19.4. The molecular weight excluding hydrogens is 257 g/mol. The van der Waals surface area contributed by atoms with Crippen LogP contribution in [0.2, 0.25) is 0 Å². The first-order chi connectivity index (χ1) is 8.98. The molecule has 0 fully saturated rings. The van der Waals surface area contributed by atoms with Gasteiger partial charge in [0.1, 0.15) is 5.75 Å². The number of benzene rings is 2. The van der Waals surface area contributed by atoms with Gasteiger partial charge in [-0.1, -0.05) is 24.3 Å². The van der Waals surface area contributed by atoms with Crippen molar-refractivity contribution in [2.24, 2.45) is 5.84 Å². The number of hydrazine groups is 1. The summed E-state index contributed by atoms with van der Waals surface area (Å²) in [7, 11) is 0. The molecule has 0 radical (unpaired) electrons. The molecule has 0 aliphatic carbocycles. The number of halogens is 3. The van der Waals surface area contributed by atoms with Crippen LogP contribution in [0.5, 0.6) is 5.75 Å². The van der Waals surface area contributed by atoms with Gasteiger partial charge in [-0.25, -0.2) is 0 Å². The minimum absolute atomic E-state index is 0.254. The summed E-state index contributed by atoms with van der Waals surface area (Å²) < 4.78 is 40.3. The van der Waals surface area contributed by atoms with Crippen LogP contribution in [0.25, 0.3) is 11.1 Å². The lowest BCUT2D eigenvalue weighted by molar-refractivity contribution is -0.274. The van der Waals surface area contributed by atoms with E-state index >= 15 is 0 Å². The van der Waals surface area contributed by atoms with Crippen LogP contribution in [0.4, 0.5) is 18.9 Å². The fourth-order valence-electron chi connectivity index (χ4n) is 1.66. The molecule has 0 spiro atoms.